The first-order valence-electron chi connectivity index (χ1n) is 6.81. The van der Waals surface area contributed by atoms with Crippen molar-refractivity contribution in [3.8, 4) is 0 Å². The predicted molar refractivity (Wildman–Crippen MR) is 66.8 cm³/mol. The van der Waals surface area contributed by atoms with Crippen LogP contribution in [-0.4, -0.2) is 49.2 Å². The van der Waals surface area contributed by atoms with Gasteiger partial charge >= 0.3 is 0 Å². The Morgan fingerprint density at radius 2 is 2.00 bits per heavy atom. The normalized spacial score (nSPS) is 24.6. The first-order valence-corrected chi connectivity index (χ1v) is 6.81. The molecule has 1 atom stereocenters. The molecule has 0 unspecified atom stereocenters. The number of amides is 1. The lowest BCUT2D eigenvalue weighted by Crippen LogP contribution is -2.48. The Bertz CT molecular complexity index is 254. The molecular formula is C13H24N2O2. The van der Waals surface area contributed by atoms with E-state index in [0.29, 0.717) is 6.04 Å². The average molecular weight is 240 g/mol. The fourth-order valence-electron chi connectivity index (χ4n) is 2.60. The summed E-state index contributed by atoms with van der Waals surface area (Å²) in [5, 5.41) is 3.11. The van der Waals surface area contributed by atoms with Gasteiger partial charge in [-0.3, -0.25) is 4.79 Å². The second-order valence-corrected chi connectivity index (χ2v) is 5.18. The van der Waals surface area contributed by atoms with E-state index >= 15 is 0 Å². The minimum Gasteiger partial charge on any atom is -0.372 e. The Hall–Kier alpha value is -0.610. The number of hydrogen-bond acceptors (Lipinski definition) is 3. The third kappa shape index (κ3) is 3.42. The van der Waals surface area contributed by atoms with Crippen LogP contribution in [0.5, 0.6) is 0 Å². The molecular weight excluding hydrogens is 216 g/mol. The van der Waals surface area contributed by atoms with E-state index in [4.69, 9.17) is 4.74 Å². The number of nitrogens with one attached hydrogen (secondary N) is 1. The Labute approximate surface area is 104 Å². The molecule has 2 aliphatic rings. The maximum atomic E-state index is 11.9. The highest BCUT2D eigenvalue weighted by Gasteiger charge is 2.32. The van der Waals surface area contributed by atoms with Crippen LogP contribution < -0.4 is 5.32 Å². The fraction of sp³-hybridized carbons (Fsp3) is 0.923. The highest BCUT2D eigenvalue weighted by atomic mass is 16.5. The number of piperidine rings is 1. The first kappa shape index (κ1) is 12.8. The van der Waals surface area contributed by atoms with Crippen molar-refractivity contribution < 1.29 is 9.53 Å². The van der Waals surface area contributed by atoms with Gasteiger partial charge in [0, 0.05) is 32.3 Å². The molecule has 0 radical (unpaired) electrons. The van der Waals surface area contributed by atoms with E-state index in [2.05, 4.69) is 10.2 Å². The number of methoxy groups -OCH3 is 1. The van der Waals surface area contributed by atoms with Crippen LogP contribution in [0.15, 0.2) is 0 Å². The summed E-state index contributed by atoms with van der Waals surface area (Å²) < 4.78 is 5.15. The van der Waals surface area contributed by atoms with Crippen LogP contribution in [0.3, 0.4) is 0 Å². The van der Waals surface area contributed by atoms with Crippen molar-refractivity contribution >= 4 is 5.91 Å². The second-order valence-electron chi connectivity index (χ2n) is 5.18. The van der Waals surface area contributed by atoms with Crippen molar-refractivity contribution in [2.45, 2.75) is 57.2 Å². The van der Waals surface area contributed by atoms with Gasteiger partial charge in [0.25, 0.3) is 0 Å². The van der Waals surface area contributed by atoms with E-state index in [1.165, 1.54) is 12.8 Å². The molecule has 98 valence electrons. The summed E-state index contributed by atoms with van der Waals surface area (Å²) in [6.45, 7) is 4.25. The summed E-state index contributed by atoms with van der Waals surface area (Å²) in [6.07, 6.45) is 5.38. The highest BCUT2D eigenvalue weighted by Crippen LogP contribution is 2.29. The zero-order chi connectivity index (χ0) is 12.3. The molecule has 0 spiro atoms. The number of likely N-dealkylation sites (tertiary alicyclic amines) is 1. The van der Waals surface area contributed by atoms with Gasteiger partial charge in [-0.15, -0.1) is 0 Å². The van der Waals surface area contributed by atoms with E-state index in [9.17, 15) is 4.79 Å². The van der Waals surface area contributed by atoms with Crippen molar-refractivity contribution in [1.29, 1.82) is 0 Å². The monoisotopic (exact) mass is 240 g/mol. The third-order valence-corrected chi connectivity index (χ3v) is 3.89. The summed E-state index contributed by atoms with van der Waals surface area (Å²) in [7, 11) is 1.60. The van der Waals surface area contributed by atoms with Gasteiger partial charge in [-0.25, -0.2) is 0 Å². The van der Waals surface area contributed by atoms with Gasteiger partial charge in [0.15, 0.2) is 0 Å². The second kappa shape index (κ2) is 5.83. The molecule has 0 aromatic rings. The van der Waals surface area contributed by atoms with E-state index in [-0.39, 0.29) is 12.0 Å². The van der Waals surface area contributed by atoms with Crippen LogP contribution in [0.2, 0.25) is 0 Å². The van der Waals surface area contributed by atoms with Gasteiger partial charge in [-0.2, -0.15) is 0 Å². The van der Waals surface area contributed by atoms with E-state index in [1.807, 2.05) is 6.92 Å². The van der Waals surface area contributed by atoms with Crippen LogP contribution in [0.4, 0.5) is 0 Å². The molecule has 1 saturated heterocycles. The molecule has 1 aliphatic heterocycles. The minimum absolute atomic E-state index is 0.0554. The molecule has 2 rings (SSSR count). The van der Waals surface area contributed by atoms with Crippen LogP contribution in [-0.2, 0) is 9.53 Å². The van der Waals surface area contributed by atoms with Gasteiger partial charge in [-0.1, -0.05) is 6.92 Å². The molecule has 17 heavy (non-hydrogen) atoms. The largest absolute Gasteiger partial charge is 0.372 e. The molecule has 1 saturated carbocycles. The van der Waals surface area contributed by atoms with Crippen molar-refractivity contribution in [2.75, 3.05) is 20.2 Å². The average Bonchev–Trinajstić information content (AvgIpc) is 3.15. The van der Waals surface area contributed by atoms with E-state index in [1.54, 1.807) is 7.11 Å². The van der Waals surface area contributed by atoms with Crippen molar-refractivity contribution in [2.24, 2.45) is 0 Å². The number of ether oxygens (including phenoxy) is 1. The SMILES string of the molecule is CC[C@H](OC)C(=O)NC1CCN(C2CC2)CC1. The molecule has 2 fully saturated rings. The molecule has 4 nitrogen and oxygen atoms in total. The number of carbonyl (C=O) groups excluding carboxylic acids is 1. The molecule has 1 heterocycles. The molecule has 0 aromatic carbocycles. The van der Waals surface area contributed by atoms with Gasteiger partial charge in [0.1, 0.15) is 6.10 Å². The van der Waals surface area contributed by atoms with Crippen LogP contribution in [0.25, 0.3) is 0 Å². The summed E-state index contributed by atoms with van der Waals surface area (Å²) in [5.41, 5.74) is 0. The molecule has 1 amide bonds. The highest BCUT2D eigenvalue weighted by molar-refractivity contribution is 5.80. The standard InChI is InChI=1S/C13H24N2O2/c1-3-12(17-2)13(16)14-10-6-8-15(9-7-10)11-4-5-11/h10-12H,3-9H2,1-2H3,(H,14,16)/t12-/m0/s1. The number of rotatable bonds is 5. The molecule has 0 aromatic heterocycles. The van der Waals surface area contributed by atoms with Crippen LogP contribution >= 0.6 is 0 Å². The van der Waals surface area contributed by atoms with Gasteiger partial charge in [0.2, 0.25) is 5.91 Å². The number of hydrogen-bond donors (Lipinski definition) is 1. The quantitative estimate of drug-likeness (QED) is 0.784. The van der Waals surface area contributed by atoms with E-state index < -0.39 is 0 Å². The molecule has 1 aliphatic carbocycles. The van der Waals surface area contributed by atoms with Gasteiger partial charge in [-0.05, 0) is 32.1 Å². The van der Waals surface area contributed by atoms with Crippen LogP contribution in [0.1, 0.15) is 39.0 Å². The zero-order valence-electron chi connectivity index (χ0n) is 10.9. The van der Waals surface area contributed by atoms with E-state index in [0.717, 1.165) is 38.4 Å². The summed E-state index contributed by atoms with van der Waals surface area (Å²) >= 11 is 0. The lowest BCUT2D eigenvalue weighted by atomic mass is 10.0. The maximum absolute atomic E-state index is 11.9. The third-order valence-electron chi connectivity index (χ3n) is 3.89. The van der Waals surface area contributed by atoms with Gasteiger partial charge in [0.05, 0.1) is 0 Å². The van der Waals surface area contributed by atoms with Crippen molar-refractivity contribution in [3.63, 3.8) is 0 Å². The predicted octanol–water partition coefficient (Wildman–Crippen LogP) is 1.15. The van der Waals surface area contributed by atoms with Crippen molar-refractivity contribution in [3.05, 3.63) is 0 Å². The summed E-state index contributed by atoms with van der Waals surface area (Å²) in [6, 6.07) is 1.20. The lowest BCUT2D eigenvalue weighted by molar-refractivity contribution is -0.132. The minimum atomic E-state index is -0.281. The summed E-state index contributed by atoms with van der Waals surface area (Å²) in [5.74, 6) is 0.0554. The topological polar surface area (TPSA) is 41.6 Å². The fourth-order valence-corrected chi connectivity index (χ4v) is 2.60. The smallest absolute Gasteiger partial charge is 0.249 e. The maximum Gasteiger partial charge on any atom is 0.249 e. The van der Waals surface area contributed by atoms with Crippen molar-refractivity contribution in [1.82, 2.24) is 10.2 Å². The molecule has 0 bridgehead atoms. The Morgan fingerprint density at radius 1 is 1.35 bits per heavy atom. The van der Waals surface area contributed by atoms with Gasteiger partial charge < -0.3 is 15.0 Å². The zero-order valence-corrected chi connectivity index (χ0v) is 10.9. The lowest BCUT2D eigenvalue weighted by Gasteiger charge is -2.32. The number of carbonyl (C=O) groups is 1. The Kier molecular flexibility index (Phi) is 4.40. The Morgan fingerprint density at radius 3 is 2.47 bits per heavy atom. The first-order chi connectivity index (χ1) is 8.24. The summed E-state index contributed by atoms with van der Waals surface area (Å²) in [4.78, 5) is 14.4. The molecule has 1 N–H and O–H groups in total. The van der Waals surface area contributed by atoms with Crippen LogP contribution in [0, 0.1) is 0 Å². The number of nitrogens with zero attached hydrogens (tertiary/aromatic N) is 1. The Balaban J connectivity index is 1.71. The molecule has 4 heteroatoms.